The summed E-state index contributed by atoms with van der Waals surface area (Å²) in [6, 6.07) is 16.2. The Bertz CT molecular complexity index is 706. The van der Waals surface area contributed by atoms with Crippen molar-refractivity contribution in [2.45, 2.75) is 6.04 Å². The number of benzene rings is 2. The molecule has 0 bridgehead atoms. The molecular weight excluding hydrogens is 256 g/mol. The van der Waals surface area contributed by atoms with Crippen LogP contribution >= 0.6 is 0 Å². The molecule has 2 aromatic carbocycles. The minimum Gasteiger partial charge on any atom is -0.264 e. The van der Waals surface area contributed by atoms with Crippen LogP contribution in [0.2, 0.25) is 0 Å². The van der Waals surface area contributed by atoms with E-state index >= 15 is 0 Å². The molecule has 1 atom stereocenters. The van der Waals surface area contributed by atoms with Crippen LogP contribution in [-0.2, 0) is 0 Å². The van der Waals surface area contributed by atoms with Gasteiger partial charge in [0.15, 0.2) is 6.04 Å². The van der Waals surface area contributed by atoms with Crippen LogP contribution in [0.3, 0.4) is 0 Å². The molecule has 0 radical (unpaired) electrons. The van der Waals surface area contributed by atoms with Gasteiger partial charge in [0, 0.05) is 4.92 Å². The summed E-state index contributed by atoms with van der Waals surface area (Å²) < 4.78 is 0. The summed E-state index contributed by atoms with van der Waals surface area (Å²) in [5, 5.41) is 19.6. The zero-order chi connectivity index (χ0) is 13.9. The second-order valence-electron chi connectivity index (χ2n) is 4.45. The Hall–Kier alpha value is -2.76. The Kier molecular flexibility index (Phi) is 3.12. The van der Waals surface area contributed by atoms with E-state index < -0.39 is 6.04 Å². The van der Waals surface area contributed by atoms with Gasteiger partial charge in [-0.3, -0.25) is 10.1 Å². The topological polar surface area (TPSA) is 73.8 Å². The fourth-order valence-corrected chi connectivity index (χ4v) is 2.14. The number of hydrogen-bond acceptors (Lipinski definition) is 4. The molecule has 0 spiro atoms. The van der Waals surface area contributed by atoms with Crippen molar-refractivity contribution in [1.29, 1.82) is 0 Å². The molecule has 3 rings (SSSR count). The van der Waals surface area contributed by atoms with Crippen molar-refractivity contribution in [3.05, 3.63) is 70.3 Å². The van der Waals surface area contributed by atoms with Crippen LogP contribution in [0, 0.1) is 10.1 Å². The van der Waals surface area contributed by atoms with E-state index in [0.717, 1.165) is 16.6 Å². The Morgan fingerprint density at radius 2 is 1.55 bits per heavy atom. The van der Waals surface area contributed by atoms with Crippen molar-refractivity contribution < 1.29 is 4.92 Å². The van der Waals surface area contributed by atoms with Crippen LogP contribution in [0.25, 0.3) is 11.0 Å². The lowest BCUT2D eigenvalue weighted by atomic mass is 10.1. The molecule has 6 nitrogen and oxygen atoms in total. The first-order valence-corrected chi connectivity index (χ1v) is 6.22. The highest BCUT2D eigenvalue weighted by Crippen LogP contribution is 2.19. The number of rotatable bonds is 4. The summed E-state index contributed by atoms with van der Waals surface area (Å²) in [4.78, 5) is 12.0. The van der Waals surface area contributed by atoms with E-state index in [4.69, 9.17) is 0 Å². The monoisotopic (exact) mass is 268 g/mol. The minimum absolute atomic E-state index is 0.245. The lowest BCUT2D eigenvalue weighted by Crippen LogP contribution is -2.22. The second-order valence-corrected chi connectivity index (χ2v) is 4.45. The average molecular weight is 268 g/mol. The van der Waals surface area contributed by atoms with Crippen LogP contribution in [0.4, 0.5) is 0 Å². The van der Waals surface area contributed by atoms with Gasteiger partial charge in [-0.25, -0.2) is 0 Å². The Labute approximate surface area is 114 Å². The minimum atomic E-state index is -0.501. The predicted molar refractivity (Wildman–Crippen MR) is 74.0 cm³/mol. The summed E-state index contributed by atoms with van der Waals surface area (Å²) in [7, 11) is 0. The van der Waals surface area contributed by atoms with Crippen LogP contribution < -0.4 is 0 Å². The van der Waals surface area contributed by atoms with Gasteiger partial charge < -0.3 is 0 Å². The third kappa shape index (κ3) is 2.35. The fraction of sp³-hybridized carbons (Fsp3) is 0.143. The van der Waals surface area contributed by atoms with Gasteiger partial charge in [0.25, 0.3) is 0 Å². The van der Waals surface area contributed by atoms with Gasteiger partial charge >= 0.3 is 0 Å². The highest BCUT2D eigenvalue weighted by atomic mass is 16.6. The van der Waals surface area contributed by atoms with E-state index in [1.165, 1.54) is 4.80 Å². The molecule has 1 aromatic heterocycles. The number of nitro groups is 1. The summed E-state index contributed by atoms with van der Waals surface area (Å²) in [5.74, 6) is 0. The Morgan fingerprint density at radius 3 is 2.10 bits per heavy atom. The first kappa shape index (κ1) is 12.3. The molecule has 0 fully saturated rings. The van der Waals surface area contributed by atoms with E-state index in [0.29, 0.717) is 0 Å². The first-order valence-electron chi connectivity index (χ1n) is 6.22. The maximum absolute atomic E-state index is 10.9. The maximum atomic E-state index is 10.9. The van der Waals surface area contributed by atoms with Crippen LogP contribution in [-0.4, -0.2) is 26.5 Å². The Balaban J connectivity index is 2.06. The molecule has 1 unspecified atom stereocenters. The van der Waals surface area contributed by atoms with Crippen molar-refractivity contribution in [3.63, 3.8) is 0 Å². The molecular formula is C14H12N4O2. The van der Waals surface area contributed by atoms with E-state index in [2.05, 4.69) is 10.2 Å². The van der Waals surface area contributed by atoms with Crippen molar-refractivity contribution in [2.24, 2.45) is 0 Å². The van der Waals surface area contributed by atoms with E-state index in [9.17, 15) is 10.1 Å². The van der Waals surface area contributed by atoms with E-state index in [1.807, 2.05) is 54.6 Å². The fourth-order valence-electron chi connectivity index (χ4n) is 2.14. The second kappa shape index (κ2) is 5.08. The third-order valence-electron chi connectivity index (χ3n) is 3.09. The smallest absolute Gasteiger partial charge is 0.231 e. The molecule has 0 aliphatic carbocycles. The maximum Gasteiger partial charge on any atom is 0.231 e. The first-order chi connectivity index (χ1) is 9.74. The summed E-state index contributed by atoms with van der Waals surface area (Å²) in [6.07, 6.45) is 0. The van der Waals surface area contributed by atoms with Gasteiger partial charge in [-0.15, -0.1) is 0 Å². The number of aromatic nitrogens is 3. The average Bonchev–Trinajstić information content (AvgIpc) is 2.89. The van der Waals surface area contributed by atoms with Crippen molar-refractivity contribution >= 4 is 11.0 Å². The zero-order valence-electron chi connectivity index (χ0n) is 10.6. The summed E-state index contributed by atoms with van der Waals surface area (Å²) in [6.45, 7) is -0.245. The lowest BCUT2D eigenvalue weighted by Gasteiger charge is -2.11. The van der Waals surface area contributed by atoms with Gasteiger partial charge in [-0.05, 0) is 17.7 Å². The quantitative estimate of drug-likeness (QED) is 0.537. The molecule has 20 heavy (non-hydrogen) atoms. The van der Waals surface area contributed by atoms with Crippen LogP contribution in [0.15, 0.2) is 54.6 Å². The summed E-state index contributed by atoms with van der Waals surface area (Å²) in [5.41, 5.74) is 2.29. The molecule has 0 saturated carbocycles. The molecule has 0 saturated heterocycles. The SMILES string of the molecule is O=[N+]([O-])CC(c1ccccc1)n1nc2ccccc2n1. The number of hydrogen-bond donors (Lipinski definition) is 0. The number of fused-ring (bicyclic) bond motifs is 1. The predicted octanol–water partition coefficient (Wildman–Crippen LogP) is 2.30. The standard InChI is InChI=1S/C14H12N4O2/c19-17(20)10-14(11-6-2-1-3-7-11)18-15-12-8-4-5-9-13(12)16-18/h1-9,14H,10H2. The van der Waals surface area contributed by atoms with Crippen molar-refractivity contribution in [2.75, 3.05) is 6.54 Å². The highest BCUT2D eigenvalue weighted by Gasteiger charge is 2.22. The molecule has 0 amide bonds. The van der Waals surface area contributed by atoms with Crippen LogP contribution in [0.5, 0.6) is 0 Å². The third-order valence-corrected chi connectivity index (χ3v) is 3.09. The number of nitrogens with zero attached hydrogens (tertiary/aromatic N) is 4. The van der Waals surface area contributed by atoms with Crippen molar-refractivity contribution in [3.8, 4) is 0 Å². The van der Waals surface area contributed by atoms with Gasteiger partial charge in [0.1, 0.15) is 11.0 Å². The molecule has 6 heteroatoms. The molecule has 0 N–H and O–H groups in total. The van der Waals surface area contributed by atoms with E-state index in [1.54, 1.807) is 0 Å². The highest BCUT2D eigenvalue weighted by molar-refractivity contribution is 5.73. The van der Waals surface area contributed by atoms with E-state index in [-0.39, 0.29) is 11.5 Å². The van der Waals surface area contributed by atoms with Gasteiger partial charge in [-0.2, -0.15) is 15.0 Å². The summed E-state index contributed by atoms with van der Waals surface area (Å²) >= 11 is 0. The molecule has 0 aliphatic rings. The largest absolute Gasteiger partial charge is 0.264 e. The van der Waals surface area contributed by atoms with Gasteiger partial charge in [0.2, 0.25) is 6.54 Å². The molecule has 0 aliphatic heterocycles. The van der Waals surface area contributed by atoms with Crippen LogP contribution in [0.1, 0.15) is 11.6 Å². The molecule has 3 aromatic rings. The normalized spacial score (nSPS) is 12.4. The Morgan fingerprint density at radius 1 is 1.00 bits per heavy atom. The lowest BCUT2D eigenvalue weighted by molar-refractivity contribution is -0.485. The van der Waals surface area contributed by atoms with Gasteiger partial charge in [-0.1, -0.05) is 42.5 Å². The molecule has 100 valence electrons. The molecule has 1 heterocycles. The van der Waals surface area contributed by atoms with Crippen molar-refractivity contribution in [1.82, 2.24) is 15.0 Å². The van der Waals surface area contributed by atoms with Gasteiger partial charge in [0.05, 0.1) is 0 Å². The zero-order valence-corrected chi connectivity index (χ0v) is 10.6.